The zero-order valence-electron chi connectivity index (χ0n) is 15.3. The number of aryl methyl sites for hydroxylation is 3. The molecule has 0 radical (unpaired) electrons. The number of rotatable bonds is 5. The maximum absolute atomic E-state index is 12.0. The normalized spacial score (nSPS) is 16.4. The zero-order chi connectivity index (χ0) is 18.8. The Morgan fingerprint density at radius 1 is 1.20 bits per heavy atom. The second kappa shape index (κ2) is 7.04. The molecule has 4 amide bonds. The van der Waals surface area contributed by atoms with Gasteiger partial charge in [0.05, 0.1) is 6.21 Å². The third kappa shape index (κ3) is 4.23. The molecule has 2 N–H and O–H groups in total. The Hall–Kier alpha value is -2.70. The first-order valence-corrected chi connectivity index (χ1v) is 8.15. The van der Waals surface area contributed by atoms with Crippen LogP contribution in [0, 0.1) is 20.8 Å². The maximum Gasteiger partial charge on any atom is 0.325 e. The van der Waals surface area contributed by atoms with E-state index in [-0.39, 0.29) is 24.8 Å². The van der Waals surface area contributed by atoms with Crippen LogP contribution in [0.1, 0.15) is 42.5 Å². The van der Waals surface area contributed by atoms with Gasteiger partial charge in [-0.05, 0) is 62.9 Å². The Morgan fingerprint density at radius 3 is 2.44 bits per heavy atom. The second-order valence-electron chi connectivity index (χ2n) is 6.85. The van der Waals surface area contributed by atoms with Gasteiger partial charge in [-0.2, -0.15) is 5.10 Å². The lowest BCUT2D eigenvalue weighted by Gasteiger charge is -2.15. The monoisotopic (exact) mass is 344 g/mol. The van der Waals surface area contributed by atoms with Crippen molar-refractivity contribution >= 4 is 24.1 Å². The van der Waals surface area contributed by atoms with E-state index in [9.17, 15) is 14.4 Å². The second-order valence-corrected chi connectivity index (χ2v) is 6.85. The molecule has 1 aliphatic heterocycles. The van der Waals surface area contributed by atoms with Gasteiger partial charge in [-0.15, -0.1) is 0 Å². The molecule has 134 valence electrons. The van der Waals surface area contributed by atoms with Crippen molar-refractivity contribution in [1.82, 2.24) is 15.6 Å². The molecule has 1 aromatic carbocycles. The van der Waals surface area contributed by atoms with Crippen LogP contribution < -0.4 is 10.7 Å². The number of amides is 4. The minimum absolute atomic E-state index is 0.00150. The summed E-state index contributed by atoms with van der Waals surface area (Å²) in [6, 6.07) is 3.60. The van der Waals surface area contributed by atoms with Gasteiger partial charge in [-0.1, -0.05) is 6.07 Å². The summed E-state index contributed by atoms with van der Waals surface area (Å²) in [5.41, 5.74) is 5.86. The first kappa shape index (κ1) is 18.6. The summed E-state index contributed by atoms with van der Waals surface area (Å²) in [7, 11) is 0. The molecule has 1 aliphatic rings. The molecular formula is C18H24N4O3. The Kier molecular flexibility index (Phi) is 5.25. The topological polar surface area (TPSA) is 90.9 Å². The predicted molar refractivity (Wildman–Crippen MR) is 95.3 cm³/mol. The van der Waals surface area contributed by atoms with E-state index in [0.29, 0.717) is 0 Å². The van der Waals surface area contributed by atoms with Crippen LogP contribution in [-0.2, 0) is 9.59 Å². The molecule has 0 saturated carbocycles. The van der Waals surface area contributed by atoms with Crippen LogP contribution in [-0.4, -0.2) is 41.0 Å². The van der Waals surface area contributed by atoms with Crippen molar-refractivity contribution in [2.45, 2.75) is 46.6 Å². The van der Waals surface area contributed by atoms with Gasteiger partial charge in [-0.3, -0.25) is 14.5 Å². The molecule has 1 aromatic rings. The van der Waals surface area contributed by atoms with E-state index in [1.54, 1.807) is 20.1 Å². The lowest BCUT2D eigenvalue weighted by Crippen LogP contribution is -2.40. The van der Waals surface area contributed by atoms with Crippen LogP contribution in [0.5, 0.6) is 0 Å². The minimum atomic E-state index is -0.924. The molecular weight excluding hydrogens is 320 g/mol. The average Bonchev–Trinajstić information content (AvgIpc) is 2.70. The molecule has 2 rings (SSSR count). The summed E-state index contributed by atoms with van der Waals surface area (Å²) in [6.45, 7) is 9.33. The largest absolute Gasteiger partial charge is 0.325 e. The fraction of sp³-hybridized carbons (Fsp3) is 0.444. The summed E-state index contributed by atoms with van der Waals surface area (Å²) in [5.74, 6) is -0.692. The van der Waals surface area contributed by atoms with Crippen LogP contribution in [0.3, 0.4) is 0 Å². The highest BCUT2D eigenvalue weighted by atomic mass is 16.2. The van der Waals surface area contributed by atoms with Crippen LogP contribution in [0.25, 0.3) is 0 Å². The van der Waals surface area contributed by atoms with E-state index in [1.807, 2.05) is 26.8 Å². The quantitative estimate of drug-likeness (QED) is 0.485. The van der Waals surface area contributed by atoms with Crippen molar-refractivity contribution in [3.05, 3.63) is 34.4 Å². The van der Waals surface area contributed by atoms with Crippen LogP contribution in [0.15, 0.2) is 17.2 Å². The molecule has 0 unspecified atom stereocenters. The number of benzene rings is 1. The Labute approximate surface area is 147 Å². The third-order valence-corrected chi connectivity index (χ3v) is 4.28. The average molecular weight is 344 g/mol. The maximum atomic E-state index is 12.0. The summed E-state index contributed by atoms with van der Waals surface area (Å²) in [5, 5.41) is 6.53. The van der Waals surface area contributed by atoms with Gasteiger partial charge in [0.2, 0.25) is 5.91 Å². The number of hydrazone groups is 1. The number of carbonyl (C=O) groups excluding carboxylic acids is 3. The summed E-state index contributed by atoms with van der Waals surface area (Å²) >= 11 is 0. The zero-order valence-corrected chi connectivity index (χ0v) is 15.3. The van der Waals surface area contributed by atoms with Crippen LogP contribution in [0.4, 0.5) is 4.79 Å². The number of nitrogens with zero attached hydrogens (tertiary/aromatic N) is 2. The van der Waals surface area contributed by atoms with Gasteiger partial charge >= 0.3 is 6.03 Å². The van der Waals surface area contributed by atoms with E-state index in [2.05, 4.69) is 21.9 Å². The fourth-order valence-electron chi connectivity index (χ4n) is 2.59. The van der Waals surface area contributed by atoms with Crippen LogP contribution >= 0.6 is 0 Å². The van der Waals surface area contributed by atoms with Crippen molar-refractivity contribution in [2.24, 2.45) is 5.10 Å². The van der Waals surface area contributed by atoms with Gasteiger partial charge < -0.3 is 5.32 Å². The van der Waals surface area contributed by atoms with Gasteiger partial charge in [0, 0.05) is 13.0 Å². The van der Waals surface area contributed by atoms with Gasteiger partial charge in [0.15, 0.2) is 0 Å². The van der Waals surface area contributed by atoms with E-state index < -0.39 is 11.6 Å². The molecule has 0 aliphatic carbocycles. The molecule has 1 heterocycles. The van der Waals surface area contributed by atoms with E-state index in [0.717, 1.165) is 21.6 Å². The predicted octanol–water partition coefficient (Wildman–Crippen LogP) is 1.78. The summed E-state index contributed by atoms with van der Waals surface area (Å²) in [4.78, 5) is 36.7. The molecule has 0 bridgehead atoms. The number of urea groups is 1. The third-order valence-electron chi connectivity index (χ3n) is 4.28. The van der Waals surface area contributed by atoms with E-state index in [1.165, 1.54) is 5.56 Å². The van der Waals surface area contributed by atoms with Crippen molar-refractivity contribution in [3.8, 4) is 0 Å². The lowest BCUT2D eigenvalue weighted by molar-refractivity contribution is -0.130. The van der Waals surface area contributed by atoms with E-state index >= 15 is 0 Å². The summed E-state index contributed by atoms with van der Waals surface area (Å²) < 4.78 is 0. The smallest absolute Gasteiger partial charge is 0.324 e. The molecule has 0 spiro atoms. The Bertz CT molecular complexity index is 753. The molecule has 0 aromatic heterocycles. The molecule has 7 heteroatoms. The molecule has 1 saturated heterocycles. The van der Waals surface area contributed by atoms with Gasteiger partial charge in [0.1, 0.15) is 5.54 Å². The highest BCUT2D eigenvalue weighted by molar-refractivity contribution is 6.06. The highest BCUT2D eigenvalue weighted by Gasteiger charge is 2.43. The number of carbonyl (C=O) groups is 3. The van der Waals surface area contributed by atoms with Crippen molar-refractivity contribution in [3.63, 3.8) is 0 Å². The number of hydrogen-bond acceptors (Lipinski definition) is 4. The van der Waals surface area contributed by atoms with Crippen molar-refractivity contribution in [1.29, 1.82) is 0 Å². The summed E-state index contributed by atoms with van der Waals surface area (Å²) in [6.07, 6.45) is 1.59. The van der Waals surface area contributed by atoms with Gasteiger partial charge in [-0.25, -0.2) is 10.2 Å². The fourth-order valence-corrected chi connectivity index (χ4v) is 2.59. The van der Waals surface area contributed by atoms with Crippen molar-refractivity contribution < 1.29 is 14.4 Å². The number of imide groups is 1. The van der Waals surface area contributed by atoms with Crippen molar-refractivity contribution in [2.75, 3.05) is 6.54 Å². The Balaban J connectivity index is 1.88. The van der Waals surface area contributed by atoms with Crippen LogP contribution in [0.2, 0.25) is 0 Å². The highest BCUT2D eigenvalue weighted by Crippen LogP contribution is 2.16. The van der Waals surface area contributed by atoms with E-state index in [4.69, 9.17) is 0 Å². The molecule has 1 fully saturated rings. The number of hydrogen-bond donors (Lipinski definition) is 2. The molecule has 7 nitrogen and oxygen atoms in total. The SMILES string of the molecule is Cc1cc(C)c(/C=N\NC(=O)CCN2C(=O)NC(C)(C)C2=O)cc1C. The first-order valence-electron chi connectivity index (χ1n) is 8.15. The lowest BCUT2D eigenvalue weighted by atomic mass is 10.0. The standard InChI is InChI=1S/C18H24N4O3/c1-11-8-13(3)14(9-12(11)2)10-19-21-15(23)6-7-22-16(24)18(4,5)20-17(22)25/h8-10H,6-7H2,1-5H3,(H,20,25)(H,21,23)/b19-10-. The molecule has 0 atom stereocenters. The van der Waals surface area contributed by atoms with Gasteiger partial charge in [0.25, 0.3) is 5.91 Å². The molecule has 25 heavy (non-hydrogen) atoms. The number of nitrogens with one attached hydrogen (secondary N) is 2. The minimum Gasteiger partial charge on any atom is -0.324 e. The Morgan fingerprint density at radius 2 is 1.84 bits per heavy atom. The first-order chi connectivity index (χ1) is 11.6.